The van der Waals surface area contributed by atoms with Gasteiger partial charge in [0.25, 0.3) is 11.8 Å². The van der Waals surface area contributed by atoms with Crippen molar-refractivity contribution in [2.45, 2.75) is 44.2 Å². The number of imide groups is 2. The average molecular weight is 396 g/mol. The molecule has 0 aromatic heterocycles. The third-order valence-electron chi connectivity index (χ3n) is 6.63. The van der Waals surface area contributed by atoms with E-state index >= 15 is 0 Å². The Morgan fingerprint density at radius 2 is 1.86 bits per heavy atom. The molecule has 8 heteroatoms. The Kier molecular flexibility index (Phi) is 4.38. The van der Waals surface area contributed by atoms with Crippen molar-refractivity contribution in [3.8, 4) is 0 Å². The van der Waals surface area contributed by atoms with Gasteiger partial charge in [-0.2, -0.15) is 0 Å². The number of piperidine rings is 1. The number of hydrogen-bond donors (Lipinski definition) is 3. The van der Waals surface area contributed by atoms with E-state index < -0.39 is 23.8 Å². The monoisotopic (exact) mass is 396 g/mol. The summed E-state index contributed by atoms with van der Waals surface area (Å²) >= 11 is 0. The lowest BCUT2D eigenvalue weighted by molar-refractivity contribution is -0.136. The van der Waals surface area contributed by atoms with Gasteiger partial charge in [-0.05, 0) is 62.3 Å². The molecule has 4 amide bonds. The Bertz CT molecular complexity index is 902. The number of amides is 4. The fourth-order valence-corrected chi connectivity index (χ4v) is 5.24. The van der Waals surface area contributed by atoms with Gasteiger partial charge in [-0.3, -0.25) is 29.4 Å². The molecule has 152 valence electrons. The minimum absolute atomic E-state index is 0.120. The molecule has 1 aliphatic carbocycles. The van der Waals surface area contributed by atoms with Crippen LogP contribution in [0.15, 0.2) is 18.2 Å². The van der Waals surface area contributed by atoms with Gasteiger partial charge in [-0.25, -0.2) is 0 Å². The highest BCUT2D eigenvalue weighted by Crippen LogP contribution is 2.34. The molecule has 4 atom stereocenters. The van der Waals surface area contributed by atoms with E-state index in [0.29, 0.717) is 23.1 Å². The quantitative estimate of drug-likeness (QED) is 0.653. The summed E-state index contributed by atoms with van der Waals surface area (Å²) in [7, 11) is 0. The second-order valence-electron chi connectivity index (χ2n) is 8.63. The normalized spacial score (nSPS) is 31.1. The van der Waals surface area contributed by atoms with E-state index in [2.05, 4.69) is 16.0 Å². The van der Waals surface area contributed by atoms with E-state index in [9.17, 15) is 19.2 Å². The number of benzene rings is 1. The van der Waals surface area contributed by atoms with Crippen molar-refractivity contribution in [1.82, 2.24) is 15.5 Å². The maximum atomic E-state index is 12.9. The number of fused-ring (bicyclic) bond motifs is 3. The number of anilines is 1. The number of carbonyl (C=O) groups excluding carboxylic acids is 4. The fourth-order valence-electron chi connectivity index (χ4n) is 5.24. The lowest BCUT2D eigenvalue weighted by atomic mass is 9.82. The van der Waals surface area contributed by atoms with Crippen LogP contribution in [0.5, 0.6) is 0 Å². The van der Waals surface area contributed by atoms with Crippen molar-refractivity contribution in [3.05, 3.63) is 29.3 Å². The molecule has 8 nitrogen and oxygen atoms in total. The summed E-state index contributed by atoms with van der Waals surface area (Å²) in [6, 6.07) is 4.87. The molecule has 4 unspecified atom stereocenters. The van der Waals surface area contributed by atoms with Crippen molar-refractivity contribution in [2.24, 2.45) is 11.8 Å². The predicted octanol–water partition coefficient (Wildman–Crippen LogP) is 0.888. The average Bonchev–Trinajstić information content (AvgIpc) is 3.17. The Morgan fingerprint density at radius 3 is 2.66 bits per heavy atom. The molecule has 29 heavy (non-hydrogen) atoms. The van der Waals surface area contributed by atoms with Crippen LogP contribution in [-0.4, -0.2) is 53.7 Å². The molecule has 0 spiro atoms. The Morgan fingerprint density at radius 1 is 1.03 bits per heavy atom. The molecule has 0 radical (unpaired) electrons. The van der Waals surface area contributed by atoms with Gasteiger partial charge >= 0.3 is 0 Å². The van der Waals surface area contributed by atoms with Crippen LogP contribution >= 0.6 is 0 Å². The number of hydrogen-bond acceptors (Lipinski definition) is 6. The summed E-state index contributed by atoms with van der Waals surface area (Å²) in [6.07, 6.45) is 3.94. The third-order valence-corrected chi connectivity index (χ3v) is 6.63. The Hall–Kier alpha value is -2.74. The van der Waals surface area contributed by atoms with Crippen molar-refractivity contribution in [3.63, 3.8) is 0 Å². The summed E-state index contributed by atoms with van der Waals surface area (Å²) in [5, 5.41) is 9.20. The first kappa shape index (κ1) is 18.3. The van der Waals surface area contributed by atoms with Gasteiger partial charge in [0.05, 0.1) is 11.1 Å². The molecule has 1 saturated carbocycles. The molecule has 4 aliphatic rings. The lowest BCUT2D eigenvalue weighted by Gasteiger charge is -2.27. The largest absolute Gasteiger partial charge is 0.385 e. The second-order valence-corrected chi connectivity index (χ2v) is 8.63. The zero-order valence-electron chi connectivity index (χ0n) is 16.1. The Balaban J connectivity index is 1.29. The number of nitrogens with zero attached hydrogens (tertiary/aromatic N) is 1. The molecule has 1 aromatic carbocycles. The minimum atomic E-state index is -0.929. The van der Waals surface area contributed by atoms with E-state index in [-0.39, 0.29) is 18.7 Å². The van der Waals surface area contributed by atoms with Crippen molar-refractivity contribution < 1.29 is 19.2 Å². The standard InChI is InChI=1S/C21H24N4O4/c26-18-4-3-17(19(27)24-18)25-20(28)15-2-1-13(8-16(15)21(25)29)22-9-11-5-12-7-14(6-11)23-10-12/h1-2,8,11-12,14,17,22-23H,3-7,9-10H2,(H,24,26,27). The topological polar surface area (TPSA) is 108 Å². The van der Waals surface area contributed by atoms with Gasteiger partial charge in [-0.15, -0.1) is 0 Å². The molecule has 3 heterocycles. The number of rotatable bonds is 4. The highest BCUT2D eigenvalue weighted by molar-refractivity contribution is 6.23. The van der Waals surface area contributed by atoms with Crippen LogP contribution in [-0.2, 0) is 9.59 Å². The summed E-state index contributed by atoms with van der Waals surface area (Å²) < 4.78 is 0. The van der Waals surface area contributed by atoms with Crippen LogP contribution in [0.3, 0.4) is 0 Å². The van der Waals surface area contributed by atoms with Gasteiger partial charge < -0.3 is 10.6 Å². The maximum absolute atomic E-state index is 12.9. The van der Waals surface area contributed by atoms with Crippen LogP contribution in [0.25, 0.3) is 0 Å². The first-order chi connectivity index (χ1) is 14.0. The first-order valence-electron chi connectivity index (χ1n) is 10.3. The van der Waals surface area contributed by atoms with E-state index in [4.69, 9.17) is 0 Å². The number of carbonyl (C=O) groups is 4. The molecule has 2 saturated heterocycles. The summed E-state index contributed by atoms with van der Waals surface area (Å²) in [5.41, 5.74) is 1.43. The van der Waals surface area contributed by atoms with E-state index in [1.54, 1.807) is 12.1 Å². The van der Waals surface area contributed by atoms with Crippen molar-refractivity contribution >= 4 is 29.3 Å². The minimum Gasteiger partial charge on any atom is -0.385 e. The summed E-state index contributed by atoms with van der Waals surface area (Å²) in [5.74, 6) is -0.541. The van der Waals surface area contributed by atoms with Gasteiger partial charge in [0.15, 0.2) is 0 Å². The highest BCUT2D eigenvalue weighted by atomic mass is 16.2. The first-order valence-corrected chi connectivity index (χ1v) is 10.3. The number of nitrogens with one attached hydrogen (secondary N) is 3. The van der Waals surface area contributed by atoms with Crippen LogP contribution < -0.4 is 16.0 Å². The molecule has 5 rings (SSSR count). The zero-order chi connectivity index (χ0) is 20.1. The molecule has 3 aliphatic heterocycles. The zero-order valence-corrected chi connectivity index (χ0v) is 16.1. The fraction of sp³-hybridized carbons (Fsp3) is 0.524. The molecular formula is C21H24N4O4. The molecule has 3 fully saturated rings. The maximum Gasteiger partial charge on any atom is 0.262 e. The van der Waals surface area contributed by atoms with Gasteiger partial charge in [0, 0.05) is 24.7 Å². The predicted molar refractivity (Wildman–Crippen MR) is 104 cm³/mol. The van der Waals surface area contributed by atoms with Crippen LogP contribution in [0.2, 0.25) is 0 Å². The van der Waals surface area contributed by atoms with Crippen molar-refractivity contribution in [1.29, 1.82) is 0 Å². The highest BCUT2D eigenvalue weighted by Gasteiger charge is 2.44. The van der Waals surface area contributed by atoms with Crippen LogP contribution in [0, 0.1) is 11.8 Å². The smallest absolute Gasteiger partial charge is 0.262 e. The molecule has 3 N–H and O–H groups in total. The summed E-state index contributed by atoms with van der Waals surface area (Å²) in [4.78, 5) is 50.1. The van der Waals surface area contributed by atoms with Gasteiger partial charge in [0.1, 0.15) is 6.04 Å². The lowest BCUT2D eigenvalue weighted by Crippen LogP contribution is -2.54. The summed E-state index contributed by atoms with van der Waals surface area (Å²) in [6.45, 7) is 1.96. The molecule has 2 bridgehead atoms. The second kappa shape index (κ2) is 6.95. The van der Waals surface area contributed by atoms with Crippen LogP contribution in [0.4, 0.5) is 5.69 Å². The van der Waals surface area contributed by atoms with Crippen LogP contribution in [0.1, 0.15) is 52.8 Å². The third kappa shape index (κ3) is 3.21. The Labute approximate surface area is 168 Å². The molecular weight excluding hydrogens is 372 g/mol. The van der Waals surface area contributed by atoms with Gasteiger partial charge in [0.2, 0.25) is 11.8 Å². The molecule has 1 aromatic rings. The van der Waals surface area contributed by atoms with Crippen molar-refractivity contribution in [2.75, 3.05) is 18.4 Å². The van der Waals surface area contributed by atoms with E-state index in [1.807, 2.05) is 6.07 Å². The van der Waals surface area contributed by atoms with E-state index in [1.165, 1.54) is 12.8 Å². The SMILES string of the molecule is O=C1CCC(N2C(=O)c3ccc(NCC4CC5CNC(C4)C5)cc3C2=O)C(=O)N1. The van der Waals surface area contributed by atoms with Gasteiger partial charge in [-0.1, -0.05) is 0 Å². The van der Waals surface area contributed by atoms with E-state index in [0.717, 1.165) is 36.0 Å².